The smallest absolute Gasteiger partial charge is 0.0895 e. The Labute approximate surface area is 74.4 Å². The first-order chi connectivity index (χ1) is 5.29. The van der Waals surface area contributed by atoms with Crippen LogP contribution in [0.1, 0.15) is 11.7 Å². The van der Waals surface area contributed by atoms with Crippen molar-refractivity contribution < 1.29 is 5.11 Å². The number of halogens is 1. The van der Waals surface area contributed by atoms with E-state index in [1.165, 1.54) is 0 Å². The quantitative estimate of drug-likeness (QED) is 0.672. The molecule has 1 aliphatic rings. The lowest BCUT2D eigenvalue weighted by Crippen LogP contribution is -1.92. The van der Waals surface area contributed by atoms with Gasteiger partial charge in [0.15, 0.2) is 0 Å². The Morgan fingerprint density at radius 3 is 3.09 bits per heavy atom. The van der Waals surface area contributed by atoms with Crippen LogP contribution in [0.2, 0.25) is 5.02 Å². The minimum atomic E-state index is -0.325. The van der Waals surface area contributed by atoms with Crippen molar-refractivity contribution in [1.82, 2.24) is 0 Å². The average molecular weight is 187 g/mol. The van der Waals surface area contributed by atoms with Crippen molar-refractivity contribution in [3.63, 3.8) is 0 Å². The molecule has 0 amide bonds. The van der Waals surface area contributed by atoms with Crippen LogP contribution in [0.4, 0.5) is 0 Å². The van der Waals surface area contributed by atoms with Crippen LogP contribution >= 0.6 is 23.4 Å². The number of hydrogen-bond acceptors (Lipinski definition) is 2. The minimum absolute atomic E-state index is 0.325. The predicted octanol–water partition coefficient (Wildman–Crippen LogP) is 2.48. The van der Waals surface area contributed by atoms with Gasteiger partial charge in [-0.3, -0.25) is 0 Å². The lowest BCUT2D eigenvalue weighted by atomic mass is 10.1. The zero-order valence-corrected chi connectivity index (χ0v) is 7.32. The molecule has 1 N–H and O–H groups in total. The van der Waals surface area contributed by atoms with E-state index < -0.39 is 0 Å². The Morgan fingerprint density at radius 1 is 1.55 bits per heavy atom. The number of thioether (sulfide) groups is 1. The molecule has 0 radical (unpaired) electrons. The molecule has 3 heteroatoms. The fraction of sp³-hybridized carbons (Fsp3) is 0.250. The SMILES string of the molecule is OC1CSc2c(Cl)cccc21. The summed E-state index contributed by atoms with van der Waals surface area (Å²) in [5.41, 5.74) is 0.975. The van der Waals surface area contributed by atoms with Crippen molar-refractivity contribution in [3.05, 3.63) is 28.8 Å². The maximum atomic E-state index is 9.43. The fourth-order valence-corrected chi connectivity index (χ4v) is 2.62. The molecule has 0 saturated carbocycles. The molecular formula is C8H7ClOS. The molecule has 2 rings (SSSR count). The number of rotatable bonds is 0. The van der Waals surface area contributed by atoms with Gasteiger partial charge in [-0.2, -0.15) is 0 Å². The van der Waals surface area contributed by atoms with Crippen LogP contribution in [-0.2, 0) is 0 Å². The summed E-state index contributed by atoms with van der Waals surface area (Å²) in [6.07, 6.45) is -0.325. The Bertz CT molecular complexity index is 287. The second kappa shape index (κ2) is 2.70. The van der Waals surface area contributed by atoms with Gasteiger partial charge in [-0.1, -0.05) is 23.7 Å². The van der Waals surface area contributed by atoms with Crippen LogP contribution < -0.4 is 0 Å². The largest absolute Gasteiger partial charge is 0.387 e. The van der Waals surface area contributed by atoms with Gasteiger partial charge in [0.25, 0.3) is 0 Å². The first kappa shape index (κ1) is 7.47. The van der Waals surface area contributed by atoms with Gasteiger partial charge in [-0.25, -0.2) is 0 Å². The molecule has 1 aromatic carbocycles. The zero-order chi connectivity index (χ0) is 7.84. The van der Waals surface area contributed by atoms with E-state index in [1.54, 1.807) is 11.8 Å². The molecule has 0 spiro atoms. The van der Waals surface area contributed by atoms with Gasteiger partial charge in [0.1, 0.15) is 0 Å². The van der Waals surface area contributed by atoms with E-state index in [1.807, 2.05) is 18.2 Å². The topological polar surface area (TPSA) is 20.2 Å². The molecule has 11 heavy (non-hydrogen) atoms. The summed E-state index contributed by atoms with van der Waals surface area (Å²) < 4.78 is 0. The molecule has 0 fully saturated rings. The Hall–Kier alpha value is -0.180. The molecule has 1 atom stereocenters. The highest BCUT2D eigenvalue weighted by molar-refractivity contribution is 7.99. The van der Waals surface area contributed by atoms with Crippen LogP contribution in [0, 0.1) is 0 Å². The molecule has 0 aliphatic carbocycles. The summed E-state index contributed by atoms with van der Waals surface area (Å²) >= 11 is 7.52. The third-order valence-corrected chi connectivity index (χ3v) is 3.40. The molecular weight excluding hydrogens is 180 g/mol. The number of hydrogen-bond donors (Lipinski definition) is 1. The van der Waals surface area contributed by atoms with Crippen LogP contribution in [-0.4, -0.2) is 10.9 Å². The standard InChI is InChI=1S/C8H7ClOS/c9-6-3-1-2-5-7(10)4-11-8(5)6/h1-3,7,10H,4H2. The number of benzene rings is 1. The lowest BCUT2D eigenvalue weighted by Gasteiger charge is -2.01. The maximum Gasteiger partial charge on any atom is 0.0895 e. The normalized spacial score (nSPS) is 21.8. The van der Waals surface area contributed by atoms with Crippen molar-refractivity contribution in [3.8, 4) is 0 Å². The first-order valence-corrected chi connectivity index (χ1v) is 4.74. The zero-order valence-electron chi connectivity index (χ0n) is 5.75. The highest BCUT2D eigenvalue weighted by atomic mass is 35.5. The Kier molecular flexibility index (Phi) is 1.83. The lowest BCUT2D eigenvalue weighted by molar-refractivity contribution is 0.205. The summed E-state index contributed by atoms with van der Waals surface area (Å²) in [6, 6.07) is 5.65. The van der Waals surface area contributed by atoms with E-state index >= 15 is 0 Å². The highest BCUT2D eigenvalue weighted by Crippen LogP contribution is 2.41. The number of fused-ring (bicyclic) bond motifs is 1. The van der Waals surface area contributed by atoms with Crippen LogP contribution in [0.25, 0.3) is 0 Å². The molecule has 0 saturated heterocycles. The van der Waals surface area contributed by atoms with Crippen LogP contribution in [0.15, 0.2) is 23.1 Å². The van der Waals surface area contributed by atoms with E-state index in [0.717, 1.165) is 21.2 Å². The van der Waals surface area contributed by atoms with Crippen LogP contribution in [0.5, 0.6) is 0 Å². The fourth-order valence-electron chi connectivity index (χ4n) is 1.19. The molecule has 1 aromatic rings. The summed E-state index contributed by atoms with van der Waals surface area (Å²) in [5.74, 6) is 0.735. The molecule has 1 unspecified atom stereocenters. The molecule has 1 aliphatic heterocycles. The van der Waals surface area contributed by atoms with Crippen molar-refractivity contribution in [2.75, 3.05) is 5.75 Å². The van der Waals surface area contributed by atoms with Crippen molar-refractivity contribution >= 4 is 23.4 Å². The minimum Gasteiger partial charge on any atom is -0.387 e. The van der Waals surface area contributed by atoms with Gasteiger partial charge in [-0.15, -0.1) is 11.8 Å². The second-order valence-electron chi connectivity index (χ2n) is 2.48. The summed E-state index contributed by atoms with van der Waals surface area (Å²) in [4.78, 5) is 1.04. The van der Waals surface area contributed by atoms with Gasteiger partial charge in [-0.05, 0) is 11.6 Å². The summed E-state index contributed by atoms with van der Waals surface area (Å²) in [5, 5.41) is 10.2. The molecule has 1 nitrogen and oxygen atoms in total. The molecule has 0 aromatic heterocycles. The van der Waals surface area contributed by atoms with Crippen molar-refractivity contribution in [2.24, 2.45) is 0 Å². The van der Waals surface area contributed by atoms with Gasteiger partial charge in [0.05, 0.1) is 11.1 Å². The third-order valence-electron chi connectivity index (χ3n) is 1.74. The van der Waals surface area contributed by atoms with Gasteiger partial charge in [0, 0.05) is 10.6 Å². The van der Waals surface area contributed by atoms with Crippen molar-refractivity contribution in [2.45, 2.75) is 11.0 Å². The van der Waals surface area contributed by atoms with Gasteiger partial charge < -0.3 is 5.11 Å². The predicted molar refractivity (Wildman–Crippen MR) is 47.1 cm³/mol. The first-order valence-electron chi connectivity index (χ1n) is 3.38. The molecule has 1 heterocycles. The van der Waals surface area contributed by atoms with Gasteiger partial charge in [0.2, 0.25) is 0 Å². The molecule has 0 bridgehead atoms. The average Bonchev–Trinajstić information content (AvgIpc) is 2.35. The van der Waals surface area contributed by atoms with Gasteiger partial charge >= 0.3 is 0 Å². The van der Waals surface area contributed by atoms with E-state index in [-0.39, 0.29) is 6.10 Å². The third kappa shape index (κ3) is 1.15. The van der Waals surface area contributed by atoms with E-state index in [4.69, 9.17) is 11.6 Å². The highest BCUT2D eigenvalue weighted by Gasteiger charge is 2.22. The summed E-state index contributed by atoms with van der Waals surface area (Å²) in [7, 11) is 0. The Balaban J connectivity index is 2.57. The maximum absolute atomic E-state index is 9.43. The Morgan fingerprint density at radius 2 is 2.36 bits per heavy atom. The monoisotopic (exact) mass is 186 g/mol. The summed E-state index contributed by atoms with van der Waals surface area (Å²) in [6.45, 7) is 0. The van der Waals surface area contributed by atoms with E-state index in [9.17, 15) is 5.11 Å². The number of aliphatic hydroxyl groups excluding tert-OH is 1. The van der Waals surface area contributed by atoms with Crippen molar-refractivity contribution in [1.29, 1.82) is 0 Å². The van der Waals surface area contributed by atoms with E-state index in [2.05, 4.69) is 0 Å². The van der Waals surface area contributed by atoms with E-state index in [0.29, 0.717) is 0 Å². The number of aliphatic hydroxyl groups is 1. The molecule has 58 valence electrons. The van der Waals surface area contributed by atoms with Crippen LogP contribution in [0.3, 0.4) is 0 Å². The second-order valence-corrected chi connectivity index (χ2v) is 3.92.